The van der Waals surface area contributed by atoms with Gasteiger partial charge in [-0.25, -0.2) is 9.97 Å². The number of hydrogen-bond acceptors (Lipinski definition) is 5. The van der Waals surface area contributed by atoms with E-state index in [-0.39, 0.29) is 12.5 Å². The number of benzene rings is 1. The number of hydrogen-bond donors (Lipinski definition) is 1. The molecule has 0 radical (unpaired) electrons. The SMILES string of the molecule is CSCc1nc2ccccc2n1CC(=O)Nc1nccs1. The monoisotopic (exact) mass is 318 g/mol. The van der Waals surface area contributed by atoms with Crippen LogP contribution in [0.4, 0.5) is 5.13 Å². The molecule has 0 unspecified atom stereocenters. The Hall–Kier alpha value is -1.86. The highest BCUT2D eigenvalue weighted by Gasteiger charge is 2.13. The molecule has 1 amide bonds. The molecule has 0 aliphatic rings. The van der Waals surface area contributed by atoms with E-state index in [2.05, 4.69) is 15.3 Å². The molecule has 0 spiro atoms. The minimum atomic E-state index is -0.0875. The topological polar surface area (TPSA) is 59.8 Å². The second-order valence-corrected chi connectivity index (χ2v) is 6.18. The number of amides is 1. The Kier molecular flexibility index (Phi) is 4.21. The van der Waals surface area contributed by atoms with Crippen molar-refractivity contribution in [2.45, 2.75) is 12.3 Å². The average Bonchev–Trinajstić information content (AvgIpc) is 3.08. The van der Waals surface area contributed by atoms with Gasteiger partial charge in [0.2, 0.25) is 5.91 Å². The summed E-state index contributed by atoms with van der Waals surface area (Å²) in [6.07, 6.45) is 3.70. The largest absolute Gasteiger partial charge is 0.318 e. The van der Waals surface area contributed by atoms with Crippen molar-refractivity contribution in [1.29, 1.82) is 0 Å². The van der Waals surface area contributed by atoms with E-state index in [1.807, 2.05) is 40.5 Å². The Bertz CT molecular complexity index is 752. The van der Waals surface area contributed by atoms with E-state index in [1.54, 1.807) is 18.0 Å². The Morgan fingerprint density at radius 2 is 2.29 bits per heavy atom. The maximum Gasteiger partial charge on any atom is 0.246 e. The first-order valence-electron chi connectivity index (χ1n) is 6.40. The highest BCUT2D eigenvalue weighted by Crippen LogP contribution is 2.19. The number of carbonyl (C=O) groups is 1. The Morgan fingerprint density at radius 1 is 1.43 bits per heavy atom. The van der Waals surface area contributed by atoms with E-state index >= 15 is 0 Å². The normalized spacial score (nSPS) is 10.9. The van der Waals surface area contributed by atoms with E-state index in [0.29, 0.717) is 5.13 Å². The number of thiazole rings is 1. The third-order valence-corrected chi connectivity index (χ3v) is 4.22. The van der Waals surface area contributed by atoms with Gasteiger partial charge in [0.05, 0.1) is 16.8 Å². The van der Waals surface area contributed by atoms with Crippen LogP contribution in [0.15, 0.2) is 35.8 Å². The molecule has 2 heterocycles. The number of fused-ring (bicyclic) bond motifs is 1. The van der Waals surface area contributed by atoms with Crippen molar-refractivity contribution in [2.75, 3.05) is 11.6 Å². The van der Waals surface area contributed by atoms with Crippen LogP contribution < -0.4 is 5.32 Å². The standard InChI is InChI=1S/C14H14N4OS2/c1-20-9-12-16-10-4-2-3-5-11(10)18(12)8-13(19)17-14-15-6-7-21-14/h2-7H,8-9H2,1H3,(H,15,17,19). The van der Waals surface area contributed by atoms with E-state index in [0.717, 1.165) is 22.6 Å². The summed E-state index contributed by atoms with van der Waals surface area (Å²) in [6.45, 7) is 0.246. The summed E-state index contributed by atoms with van der Waals surface area (Å²) in [5.74, 6) is 1.60. The summed E-state index contributed by atoms with van der Waals surface area (Å²) < 4.78 is 1.97. The lowest BCUT2D eigenvalue weighted by Crippen LogP contribution is -2.19. The van der Waals surface area contributed by atoms with Crippen molar-refractivity contribution in [1.82, 2.24) is 14.5 Å². The molecule has 21 heavy (non-hydrogen) atoms. The first-order chi connectivity index (χ1) is 10.3. The molecule has 3 rings (SSSR count). The molecule has 0 saturated heterocycles. The molecule has 0 saturated carbocycles. The molecule has 0 aliphatic heterocycles. The van der Waals surface area contributed by atoms with Crippen LogP contribution >= 0.6 is 23.1 Å². The fourth-order valence-corrected chi connectivity index (χ4v) is 3.15. The van der Waals surface area contributed by atoms with Gasteiger partial charge in [-0.15, -0.1) is 11.3 Å². The molecule has 7 heteroatoms. The number of rotatable bonds is 5. The third kappa shape index (κ3) is 3.08. The van der Waals surface area contributed by atoms with Gasteiger partial charge in [-0.1, -0.05) is 12.1 Å². The predicted octanol–water partition coefficient (Wildman–Crippen LogP) is 2.99. The lowest BCUT2D eigenvalue weighted by molar-refractivity contribution is -0.116. The Labute approximate surface area is 130 Å². The van der Waals surface area contributed by atoms with Gasteiger partial charge in [-0.3, -0.25) is 4.79 Å². The molecule has 108 valence electrons. The maximum atomic E-state index is 12.2. The maximum absolute atomic E-state index is 12.2. The zero-order chi connectivity index (χ0) is 14.7. The first-order valence-corrected chi connectivity index (χ1v) is 8.67. The molecule has 0 aliphatic carbocycles. The van der Waals surface area contributed by atoms with Crippen molar-refractivity contribution in [3.8, 4) is 0 Å². The Balaban J connectivity index is 1.87. The summed E-state index contributed by atoms with van der Waals surface area (Å²) in [5, 5.41) is 5.26. The van der Waals surface area contributed by atoms with Crippen molar-refractivity contribution >= 4 is 45.2 Å². The van der Waals surface area contributed by atoms with Crippen LogP contribution in [0.5, 0.6) is 0 Å². The first kappa shape index (κ1) is 14.1. The van der Waals surface area contributed by atoms with Crippen molar-refractivity contribution in [3.63, 3.8) is 0 Å². The number of carbonyl (C=O) groups excluding carboxylic acids is 1. The fraction of sp³-hybridized carbons (Fsp3) is 0.214. The van der Waals surface area contributed by atoms with Gasteiger partial charge >= 0.3 is 0 Å². The van der Waals surface area contributed by atoms with Gasteiger partial charge in [0, 0.05) is 11.6 Å². The fourth-order valence-electron chi connectivity index (χ4n) is 2.13. The third-order valence-electron chi connectivity index (χ3n) is 2.99. The van der Waals surface area contributed by atoms with E-state index in [9.17, 15) is 4.79 Å². The number of aromatic nitrogens is 3. The van der Waals surface area contributed by atoms with Gasteiger partial charge in [0.25, 0.3) is 0 Å². The molecule has 2 aromatic heterocycles. The smallest absolute Gasteiger partial charge is 0.246 e. The van der Waals surface area contributed by atoms with Crippen molar-refractivity contribution < 1.29 is 4.79 Å². The molecule has 3 aromatic rings. The minimum Gasteiger partial charge on any atom is -0.318 e. The molecular formula is C14H14N4OS2. The second kappa shape index (κ2) is 6.28. The molecule has 5 nitrogen and oxygen atoms in total. The van der Waals surface area contributed by atoms with Crippen LogP contribution in [0.25, 0.3) is 11.0 Å². The quantitative estimate of drug-likeness (QED) is 0.785. The molecule has 0 fully saturated rings. The second-order valence-electron chi connectivity index (χ2n) is 4.42. The van der Waals surface area contributed by atoms with Crippen LogP contribution in [0, 0.1) is 0 Å². The number of para-hydroxylation sites is 2. The van der Waals surface area contributed by atoms with Crippen LogP contribution in [-0.2, 0) is 17.1 Å². The summed E-state index contributed by atoms with van der Waals surface area (Å²) >= 11 is 3.10. The number of thioether (sulfide) groups is 1. The molecule has 0 bridgehead atoms. The number of nitrogens with one attached hydrogen (secondary N) is 1. The summed E-state index contributed by atoms with van der Waals surface area (Å²) in [5.41, 5.74) is 1.90. The van der Waals surface area contributed by atoms with Crippen molar-refractivity contribution in [2.24, 2.45) is 0 Å². The number of nitrogens with zero attached hydrogens (tertiary/aromatic N) is 3. The van der Waals surface area contributed by atoms with Crippen molar-refractivity contribution in [3.05, 3.63) is 41.7 Å². The summed E-state index contributed by atoms with van der Waals surface area (Å²) in [6, 6.07) is 7.87. The molecule has 1 aromatic carbocycles. The van der Waals surface area contributed by atoms with E-state index < -0.39 is 0 Å². The molecule has 1 N–H and O–H groups in total. The summed E-state index contributed by atoms with van der Waals surface area (Å²) in [4.78, 5) is 20.8. The number of anilines is 1. The van der Waals surface area contributed by atoms with Gasteiger partial charge in [-0.2, -0.15) is 11.8 Å². The van der Waals surface area contributed by atoms with E-state index in [1.165, 1.54) is 11.3 Å². The predicted molar refractivity (Wildman–Crippen MR) is 87.7 cm³/mol. The van der Waals surface area contributed by atoms with Gasteiger partial charge < -0.3 is 9.88 Å². The zero-order valence-electron chi connectivity index (χ0n) is 11.4. The van der Waals surface area contributed by atoms with Gasteiger partial charge in [0.1, 0.15) is 12.4 Å². The minimum absolute atomic E-state index is 0.0875. The lowest BCUT2D eigenvalue weighted by atomic mass is 10.3. The van der Waals surface area contributed by atoms with E-state index in [4.69, 9.17) is 0 Å². The van der Waals surface area contributed by atoms with Gasteiger partial charge in [-0.05, 0) is 18.4 Å². The zero-order valence-corrected chi connectivity index (χ0v) is 13.1. The van der Waals surface area contributed by atoms with Crippen LogP contribution in [0.3, 0.4) is 0 Å². The van der Waals surface area contributed by atoms with Gasteiger partial charge in [0.15, 0.2) is 5.13 Å². The molecular weight excluding hydrogens is 304 g/mol. The lowest BCUT2D eigenvalue weighted by Gasteiger charge is -2.08. The Morgan fingerprint density at radius 3 is 3.05 bits per heavy atom. The van der Waals surface area contributed by atoms with Crippen LogP contribution in [0.2, 0.25) is 0 Å². The molecule has 0 atom stereocenters. The van der Waals surface area contributed by atoms with Crippen LogP contribution in [-0.4, -0.2) is 26.7 Å². The van der Waals surface area contributed by atoms with Crippen LogP contribution in [0.1, 0.15) is 5.82 Å². The summed E-state index contributed by atoms with van der Waals surface area (Å²) in [7, 11) is 0. The highest BCUT2D eigenvalue weighted by atomic mass is 32.2. The average molecular weight is 318 g/mol. The number of imidazole rings is 1. The highest BCUT2D eigenvalue weighted by molar-refractivity contribution is 7.97.